The summed E-state index contributed by atoms with van der Waals surface area (Å²) in [5, 5.41) is 12.0. The molecule has 0 saturated carbocycles. The van der Waals surface area contributed by atoms with Gasteiger partial charge in [-0.15, -0.1) is 0 Å². The van der Waals surface area contributed by atoms with Crippen LogP contribution < -0.4 is 5.32 Å². The molecule has 0 aromatic carbocycles. The molecule has 100 valence electrons. The molecule has 0 spiro atoms. The molecule has 0 bridgehead atoms. The maximum Gasteiger partial charge on any atom is 0.153 e. The fraction of sp³-hybridized carbons (Fsp3) is 0.917. The Balaban J connectivity index is 3.93. The van der Waals surface area contributed by atoms with E-state index in [1.807, 2.05) is 13.8 Å². The van der Waals surface area contributed by atoms with Gasteiger partial charge in [-0.3, -0.25) is 0 Å². The first-order chi connectivity index (χ1) is 7.52. The molecule has 1 N–H and O–H groups in total. The van der Waals surface area contributed by atoms with Crippen LogP contribution in [0.4, 0.5) is 0 Å². The highest BCUT2D eigenvalue weighted by Crippen LogP contribution is 2.20. The predicted molar refractivity (Wildman–Crippen MR) is 70.4 cm³/mol. The van der Waals surface area contributed by atoms with Gasteiger partial charge in [0.15, 0.2) is 9.84 Å². The minimum absolute atomic E-state index is 0.298. The van der Waals surface area contributed by atoms with Gasteiger partial charge in [-0.25, -0.2) is 8.42 Å². The zero-order valence-corrected chi connectivity index (χ0v) is 12.3. The summed E-state index contributed by atoms with van der Waals surface area (Å²) in [6.07, 6.45) is 2.95. The summed E-state index contributed by atoms with van der Waals surface area (Å²) in [6, 6.07) is 2.25. The molecule has 0 aliphatic carbocycles. The molecule has 0 aromatic rings. The summed E-state index contributed by atoms with van der Waals surface area (Å²) >= 11 is 0. The summed E-state index contributed by atoms with van der Waals surface area (Å²) in [6.45, 7) is 8.44. The van der Waals surface area contributed by atoms with Crippen molar-refractivity contribution in [2.45, 2.75) is 45.3 Å². The third kappa shape index (κ3) is 6.04. The van der Waals surface area contributed by atoms with Gasteiger partial charge in [0, 0.05) is 12.8 Å². The van der Waals surface area contributed by atoms with Crippen molar-refractivity contribution in [2.24, 2.45) is 5.41 Å². The molecule has 0 unspecified atom stereocenters. The quantitative estimate of drug-likeness (QED) is 0.708. The van der Waals surface area contributed by atoms with Crippen LogP contribution >= 0.6 is 0 Å². The van der Waals surface area contributed by atoms with Crippen molar-refractivity contribution in [3.05, 3.63) is 0 Å². The molecule has 0 atom stereocenters. The van der Waals surface area contributed by atoms with Crippen LogP contribution in [0.2, 0.25) is 0 Å². The van der Waals surface area contributed by atoms with Crippen molar-refractivity contribution < 1.29 is 8.42 Å². The maximum atomic E-state index is 11.4. The Kier molecular flexibility index (Phi) is 5.63. The number of sulfone groups is 1. The number of nitriles is 1. The topological polar surface area (TPSA) is 70.0 Å². The van der Waals surface area contributed by atoms with Gasteiger partial charge in [-0.2, -0.15) is 5.26 Å². The molecule has 0 aromatic heterocycles. The average molecular weight is 260 g/mol. The summed E-state index contributed by atoms with van der Waals surface area (Å²) in [4.78, 5) is 0. The van der Waals surface area contributed by atoms with E-state index in [1.54, 1.807) is 13.8 Å². The molecule has 0 radical (unpaired) electrons. The van der Waals surface area contributed by atoms with Crippen LogP contribution in [0.3, 0.4) is 0 Å². The Hall–Kier alpha value is -0.600. The van der Waals surface area contributed by atoms with E-state index in [0.717, 1.165) is 19.4 Å². The first kappa shape index (κ1) is 16.4. The van der Waals surface area contributed by atoms with E-state index in [-0.39, 0.29) is 5.41 Å². The normalized spacial score (nSPS) is 13.4. The van der Waals surface area contributed by atoms with Gasteiger partial charge in [0.25, 0.3) is 0 Å². The van der Waals surface area contributed by atoms with Gasteiger partial charge in [0.05, 0.1) is 16.2 Å². The van der Waals surface area contributed by atoms with Crippen molar-refractivity contribution in [1.82, 2.24) is 5.32 Å². The summed E-state index contributed by atoms with van der Waals surface area (Å²) in [7, 11) is -3.04. The average Bonchev–Trinajstić information content (AvgIpc) is 2.15. The molecular formula is C12H24N2O2S. The summed E-state index contributed by atoms with van der Waals surface area (Å²) in [5.41, 5.74) is -0.298. The molecule has 0 heterocycles. The fourth-order valence-corrected chi connectivity index (χ4v) is 1.60. The number of hydrogen-bond donors (Lipinski definition) is 1. The zero-order valence-electron chi connectivity index (χ0n) is 11.5. The third-order valence-corrected chi connectivity index (χ3v) is 5.16. The van der Waals surface area contributed by atoms with E-state index < -0.39 is 14.6 Å². The molecule has 5 heteroatoms. The van der Waals surface area contributed by atoms with E-state index in [1.165, 1.54) is 6.26 Å². The van der Waals surface area contributed by atoms with Crippen LogP contribution in [-0.4, -0.2) is 32.5 Å². The minimum atomic E-state index is -3.04. The van der Waals surface area contributed by atoms with Crippen LogP contribution in [0.25, 0.3) is 0 Å². The van der Waals surface area contributed by atoms with Crippen molar-refractivity contribution in [2.75, 3.05) is 19.3 Å². The number of hydrogen-bond acceptors (Lipinski definition) is 4. The van der Waals surface area contributed by atoms with E-state index >= 15 is 0 Å². The second-order valence-corrected chi connectivity index (χ2v) is 8.46. The van der Waals surface area contributed by atoms with Crippen LogP contribution in [0, 0.1) is 16.7 Å². The molecule has 17 heavy (non-hydrogen) atoms. The number of nitrogens with one attached hydrogen (secondary N) is 1. The number of rotatable bonds is 7. The van der Waals surface area contributed by atoms with Crippen LogP contribution in [0.1, 0.15) is 40.5 Å². The van der Waals surface area contributed by atoms with E-state index in [2.05, 4.69) is 11.4 Å². The van der Waals surface area contributed by atoms with Gasteiger partial charge < -0.3 is 5.32 Å². The lowest BCUT2D eigenvalue weighted by atomic mass is 9.90. The molecule has 0 rings (SSSR count). The highest BCUT2D eigenvalue weighted by Gasteiger charge is 2.29. The van der Waals surface area contributed by atoms with Gasteiger partial charge in [0.1, 0.15) is 0 Å². The van der Waals surface area contributed by atoms with Crippen LogP contribution in [-0.2, 0) is 9.84 Å². The van der Waals surface area contributed by atoms with Crippen molar-refractivity contribution in [1.29, 1.82) is 5.26 Å². The zero-order chi connectivity index (χ0) is 13.7. The van der Waals surface area contributed by atoms with Crippen molar-refractivity contribution >= 4 is 9.84 Å². The smallest absolute Gasteiger partial charge is 0.153 e. The third-order valence-electron chi connectivity index (χ3n) is 3.01. The molecule has 0 fully saturated rings. The summed E-state index contributed by atoms with van der Waals surface area (Å²) in [5.74, 6) is 0. The lowest BCUT2D eigenvalue weighted by molar-refractivity contribution is 0.421. The van der Waals surface area contributed by atoms with Crippen molar-refractivity contribution in [3.63, 3.8) is 0 Å². The molecule has 0 saturated heterocycles. The second-order valence-electron chi connectivity index (χ2n) is 5.81. The highest BCUT2D eigenvalue weighted by atomic mass is 32.2. The van der Waals surface area contributed by atoms with E-state index in [9.17, 15) is 8.42 Å². The monoisotopic (exact) mass is 260 g/mol. The largest absolute Gasteiger partial charge is 0.315 e. The lowest BCUT2D eigenvalue weighted by Crippen LogP contribution is -2.42. The minimum Gasteiger partial charge on any atom is -0.315 e. The van der Waals surface area contributed by atoms with Gasteiger partial charge >= 0.3 is 0 Å². The maximum absolute atomic E-state index is 11.4. The SMILES string of the molecule is CC(C)(C#N)CCCNCC(C)(C)S(C)(=O)=O. The Morgan fingerprint density at radius 2 is 1.76 bits per heavy atom. The van der Waals surface area contributed by atoms with Crippen LogP contribution in [0.5, 0.6) is 0 Å². The Morgan fingerprint density at radius 1 is 1.24 bits per heavy atom. The molecule has 0 amide bonds. The van der Waals surface area contributed by atoms with Gasteiger partial charge in [-0.1, -0.05) is 0 Å². The Morgan fingerprint density at radius 3 is 2.18 bits per heavy atom. The lowest BCUT2D eigenvalue weighted by Gasteiger charge is -2.23. The molecular weight excluding hydrogens is 236 g/mol. The molecule has 0 aliphatic heterocycles. The van der Waals surface area contributed by atoms with E-state index in [4.69, 9.17) is 5.26 Å². The van der Waals surface area contributed by atoms with Gasteiger partial charge in [0.2, 0.25) is 0 Å². The second kappa shape index (κ2) is 5.83. The first-order valence-corrected chi connectivity index (χ1v) is 7.72. The summed E-state index contributed by atoms with van der Waals surface area (Å²) < 4.78 is 22.1. The number of nitrogens with zero attached hydrogens (tertiary/aromatic N) is 1. The Bertz CT molecular complexity index is 378. The first-order valence-electron chi connectivity index (χ1n) is 5.83. The molecule has 0 aliphatic rings. The Labute approximate surface area is 105 Å². The van der Waals surface area contributed by atoms with E-state index in [0.29, 0.717) is 6.54 Å². The predicted octanol–water partition coefficient (Wildman–Crippen LogP) is 1.73. The van der Waals surface area contributed by atoms with Gasteiger partial charge in [-0.05, 0) is 47.1 Å². The highest BCUT2D eigenvalue weighted by molar-refractivity contribution is 7.92. The fourth-order valence-electron chi connectivity index (χ4n) is 1.23. The van der Waals surface area contributed by atoms with Crippen molar-refractivity contribution in [3.8, 4) is 6.07 Å². The standard InChI is InChI=1S/C12H24N2O2S/c1-11(2,9-13)7-6-8-14-10-12(3,4)17(5,15)16/h14H,6-8,10H2,1-5H3. The van der Waals surface area contributed by atoms with Crippen LogP contribution in [0.15, 0.2) is 0 Å². The molecule has 4 nitrogen and oxygen atoms in total.